The van der Waals surface area contributed by atoms with Crippen molar-refractivity contribution in [3.05, 3.63) is 0 Å². The molecule has 0 spiro atoms. The molecule has 0 aromatic carbocycles. The Balaban J connectivity index is 3.78. The molecule has 62 valence electrons. The van der Waals surface area contributed by atoms with E-state index in [4.69, 9.17) is 11.5 Å². The number of rotatable bonds is 4. The second kappa shape index (κ2) is 5.10. The van der Waals surface area contributed by atoms with Crippen LogP contribution in [0.3, 0.4) is 0 Å². The van der Waals surface area contributed by atoms with Crippen LogP contribution in [0.1, 0.15) is 19.8 Å². The third kappa shape index (κ3) is 3.68. The number of hydrogen-bond donors (Lipinski definition) is 2. The molecule has 4 N–H and O–H groups in total. The smallest absolute Gasteiger partial charge is 0.0797 e. The lowest BCUT2D eigenvalue weighted by Gasteiger charge is -2.26. The van der Waals surface area contributed by atoms with E-state index in [1.54, 1.807) is 0 Å². The molecule has 0 bridgehead atoms. The molecule has 0 fully saturated rings. The van der Waals surface area contributed by atoms with Gasteiger partial charge in [-0.1, -0.05) is 52.1 Å². The molecule has 0 amide bonds. The maximum Gasteiger partial charge on any atom is 0.0797 e. The van der Waals surface area contributed by atoms with Crippen molar-refractivity contribution in [1.82, 2.24) is 0 Å². The van der Waals surface area contributed by atoms with Crippen LogP contribution in [0.15, 0.2) is 0 Å². The Kier molecular flexibility index (Phi) is 5.81. The third-order valence-electron chi connectivity index (χ3n) is 1.48. The number of halogens is 2. The topological polar surface area (TPSA) is 52.0 Å². The molecule has 0 saturated heterocycles. The van der Waals surface area contributed by atoms with Crippen molar-refractivity contribution in [2.75, 3.05) is 6.54 Å². The minimum Gasteiger partial charge on any atom is -0.330 e. The first-order valence-electron chi connectivity index (χ1n) is 3.36. The fraction of sp³-hybridized carbons (Fsp3) is 1.00. The first kappa shape index (κ1) is 11.4. The van der Waals surface area contributed by atoms with Gasteiger partial charge in [-0.05, 0) is 19.4 Å². The lowest BCUT2D eigenvalue weighted by molar-refractivity contribution is 0.581. The number of alkyl halides is 2. The van der Waals surface area contributed by atoms with E-state index in [1.165, 1.54) is 0 Å². The average Bonchev–Trinajstić information content (AvgIpc) is 1.89. The number of nitrogens with two attached hydrogens (primary N) is 2. The average molecular weight is 368 g/mol. The van der Waals surface area contributed by atoms with Gasteiger partial charge in [0.05, 0.1) is 3.55 Å². The molecule has 0 aliphatic rings. The summed E-state index contributed by atoms with van der Waals surface area (Å²) in [4.78, 5) is 0. The van der Waals surface area contributed by atoms with Gasteiger partial charge >= 0.3 is 0 Å². The second-order valence-corrected chi connectivity index (χ2v) is 5.84. The summed E-state index contributed by atoms with van der Waals surface area (Å²) in [6.07, 6.45) is 2.01. The lowest BCUT2D eigenvalue weighted by atomic mass is 10.1. The van der Waals surface area contributed by atoms with Crippen LogP contribution in [0.2, 0.25) is 0 Å². The van der Waals surface area contributed by atoms with Gasteiger partial charge in [0.15, 0.2) is 0 Å². The fourth-order valence-electron chi connectivity index (χ4n) is 0.608. The first-order chi connectivity index (χ1) is 4.54. The molecule has 0 aliphatic heterocycles. The summed E-state index contributed by atoms with van der Waals surface area (Å²) >= 11 is 4.68. The van der Waals surface area contributed by atoms with Crippen LogP contribution >= 0.6 is 45.2 Å². The highest BCUT2D eigenvalue weighted by Gasteiger charge is 2.26. The predicted octanol–water partition coefficient (Wildman–Crippen LogP) is 1.64. The van der Waals surface area contributed by atoms with Gasteiger partial charge < -0.3 is 11.5 Å². The lowest BCUT2D eigenvalue weighted by Crippen LogP contribution is -2.41. The van der Waals surface area contributed by atoms with Crippen LogP contribution in [-0.2, 0) is 0 Å². The minimum absolute atomic E-state index is 0.0717. The fourth-order valence-corrected chi connectivity index (χ4v) is 1.72. The minimum atomic E-state index is -0.0717. The van der Waals surface area contributed by atoms with Gasteiger partial charge in [0.25, 0.3) is 0 Å². The van der Waals surface area contributed by atoms with Crippen LogP contribution in [0.4, 0.5) is 0 Å². The van der Waals surface area contributed by atoms with Crippen LogP contribution in [0.25, 0.3) is 0 Å². The van der Waals surface area contributed by atoms with Crippen molar-refractivity contribution in [3.8, 4) is 0 Å². The van der Waals surface area contributed by atoms with Gasteiger partial charge in [0, 0.05) is 3.92 Å². The molecule has 2 nitrogen and oxygen atoms in total. The zero-order valence-electron chi connectivity index (χ0n) is 6.11. The summed E-state index contributed by atoms with van der Waals surface area (Å²) in [5.74, 6) is 0. The van der Waals surface area contributed by atoms with E-state index in [1.807, 2.05) is 0 Å². The van der Waals surface area contributed by atoms with Crippen molar-refractivity contribution in [3.63, 3.8) is 0 Å². The molecule has 2 unspecified atom stereocenters. The molecular formula is C6H14I2N2. The summed E-state index contributed by atoms with van der Waals surface area (Å²) in [6, 6.07) is 0. The molecule has 0 saturated carbocycles. The Morgan fingerprint density at radius 2 is 2.10 bits per heavy atom. The summed E-state index contributed by atoms with van der Waals surface area (Å²) in [7, 11) is 0. The first-order valence-corrected chi connectivity index (χ1v) is 5.69. The second-order valence-electron chi connectivity index (χ2n) is 2.33. The summed E-state index contributed by atoms with van der Waals surface area (Å²) in [5.41, 5.74) is 11.4. The van der Waals surface area contributed by atoms with E-state index in [2.05, 4.69) is 52.1 Å². The molecule has 0 aromatic heterocycles. The van der Waals surface area contributed by atoms with Gasteiger partial charge in [-0.2, -0.15) is 0 Å². The van der Waals surface area contributed by atoms with Crippen LogP contribution < -0.4 is 11.5 Å². The molecule has 0 aliphatic carbocycles. The largest absolute Gasteiger partial charge is 0.330 e. The molecule has 0 radical (unpaired) electrons. The van der Waals surface area contributed by atoms with Crippen molar-refractivity contribution in [2.24, 2.45) is 11.5 Å². The molecule has 0 aromatic rings. The molecule has 4 heteroatoms. The highest BCUT2D eigenvalue weighted by molar-refractivity contribution is 14.1. The highest BCUT2D eigenvalue weighted by Crippen LogP contribution is 2.28. The van der Waals surface area contributed by atoms with E-state index in [-0.39, 0.29) is 3.55 Å². The van der Waals surface area contributed by atoms with Gasteiger partial charge in [-0.15, -0.1) is 0 Å². The van der Waals surface area contributed by atoms with E-state index in [9.17, 15) is 0 Å². The van der Waals surface area contributed by atoms with Crippen molar-refractivity contribution < 1.29 is 0 Å². The molecule has 0 heterocycles. The normalized spacial score (nSPS) is 20.1. The van der Waals surface area contributed by atoms with Gasteiger partial charge in [0.1, 0.15) is 0 Å². The van der Waals surface area contributed by atoms with E-state index < -0.39 is 0 Å². The maximum absolute atomic E-state index is 5.97. The van der Waals surface area contributed by atoms with Crippen molar-refractivity contribution >= 4 is 45.2 Å². The summed E-state index contributed by atoms with van der Waals surface area (Å²) in [6.45, 7) is 2.84. The third-order valence-corrected chi connectivity index (χ3v) is 5.92. The molecule has 2 atom stereocenters. The van der Waals surface area contributed by atoms with Gasteiger partial charge in [0.2, 0.25) is 0 Å². The van der Waals surface area contributed by atoms with Crippen molar-refractivity contribution in [2.45, 2.75) is 27.2 Å². The van der Waals surface area contributed by atoms with Gasteiger partial charge in [-0.3, -0.25) is 0 Å². The Bertz CT molecular complexity index is 95.7. The predicted molar refractivity (Wildman–Crippen MR) is 62.7 cm³/mol. The van der Waals surface area contributed by atoms with Gasteiger partial charge in [-0.25, -0.2) is 0 Å². The highest BCUT2D eigenvalue weighted by atomic mass is 127. The quantitative estimate of drug-likeness (QED) is 0.451. The van der Waals surface area contributed by atoms with E-state index in [0.29, 0.717) is 3.92 Å². The van der Waals surface area contributed by atoms with E-state index in [0.717, 1.165) is 19.4 Å². The van der Waals surface area contributed by atoms with Crippen LogP contribution in [0.5, 0.6) is 0 Å². The monoisotopic (exact) mass is 368 g/mol. The zero-order chi connectivity index (χ0) is 8.20. The van der Waals surface area contributed by atoms with Crippen LogP contribution in [0, 0.1) is 0 Å². The van der Waals surface area contributed by atoms with Crippen molar-refractivity contribution in [1.29, 1.82) is 0 Å². The van der Waals surface area contributed by atoms with E-state index >= 15 is 0 Å². The Morgan fingerprint density at radius 3 is 2.40 bits per heavy atom. The molecule has 10 heavy (non-hydrogen) atoms. The standard InChI is InChI=1S/C6H14I2N2/c1-2-6(8,10)5(7)3-4-9/h5H,2-4,9-10H2,1H3. The molecular weight excluding hydrogens is 354 g/mol. The Morgan fingerprint density at radius 1 is 1.60 bits per heavy atom. The Labute approximate surface area is 89.8 Å². The zero-order valence-corrected chi connectivity index (χ0v) is 10.4. The molecule has 0 rings (SSSR count). The Hall–Kier alpha value is 1.38. The number of hydrogen-bond acceptors (Lipinski definition) is 2. The van der Waals surface area contributed by atoms with Crippen LogP contribution in [-0.4, -0.2) is 14.0 Å². The summed E-state index contributed by atoms with van der Waals surface area (Å²) < 4.78 is 0.415. The summed E-state index contributed by atoms with van der Waals surface area (Å²) in [5, 5.41) is 0. The SMILES string of the molecule is CCC(N)(I)C(I)CCN. The maximum atomic E-state index is 5.97.